The predicted molar refractivity (Wildman–Crippen MR) is 140 cm³/mol. The molecule has 210 valence electrons. The topological polar surface area (TPSA) is 113 Å². The number of nitrogens with two attached hydrogens (primary N) is 1. The summed E-state index contributed by atoms with van der Waals surface area (Å²) >= 11 is 0. The molecular formula is C27H36F3N3O4S. The molecule has 3 rings (SSSR count). The SMILES string of the molecule is CC(C)C[C@@H](C(N)=O)N(C1CCCNCC1O)[C@@H](c1ccc(-c2ccc(S(C)(=O)=O)cc2)cc1)C(F)(F)F. The van der Waals surface area contributed by atoms with Gasteiger partial charge in [-0.15, -0.1) is 0 Å². The summed E-state index contributed by atoms with van der Waals surface area (Å²) in [5, 5.41) is 13.9. The number of amides is 1. The van der Waals surface area contributed by atoms with Crippen LogP contribution in [0.25, 0.3) is 11.1 Å². The molecule has 1 heterocycles. The second-order valence-electron chi connectivity index (χ2n) is 10.3. The molecule has 0 spiro atoms. The summed E-state index contributed by atoms with van der Waals surface area (Å²) in [5.41, 5.74) is 6.86. The average Bonchev–Trinajstić information content (AvgIpc) is 3.04. The molecule has 4 N–H and O–H groups in total. The molecule has 0 aliphatic carbocycles. The minimum atomic E-state index is -4.76. The number of rotatable bonds is 9. The van der Waals surface area contributed by atoms with Crippen molar-refractivity contribution in [3.8, 4) is 11.1 Å². The second-order valence-corrected chi connectivity index (χ2v) is 12.4. The largest absolute Gasteiger partial charge is 0.408 e. The highest BCUT2D eigenvalue weighted by Gasteiger charge is 2.51. The van der Waals surface area contributed by atoms with Crippen LogP contribution in [0.3, 0.4) is 0 Å². The zero-order chi connectivity index (χ0) is 28.3. The molecular weight excluding hydrogens is 519 g/mol. The van der Waals surface area contributed by atoms with Crippen molar-refractivity contribution >= 4 is 15.7 Å². The van der Waals surface area contributed by atoms with E-state index in [2.05, 4.69) is 5.32 Å². The highest BCUT2D eigenvalue weighted by Crippen LogP contribution is 2.43. The van der Waals surface area contributed by atoms with Crippen LogP contribution in [-0.4, -0.2) is 68.0 Å². The van der Waals surface area contributed by atoms with Crippen molar-refractivity contribution in [1.82, 2.24) is 10.2 Å². The third-order valence-corrected chi connectivity index (χ3v) is 8.00. The molecule has 1 fully saturated rings. The van der Waals surface area contributed by atoms with E-state index in [9.17, 15) is 31.5 Å². The molecule has 38 heavy (non-hydrogen) atoms. The molecule has 1 saturated heterocycles. The summed E-state index contributed by atoms with van der Waals surface area (Å²) in [4.78, 5) is 13.8. The smallest absolute Gasteiger partial charge is 0.390 e. The molecule has 2 unspecified atom stereocenters. The molecule has 2 aromatic rings. The van der Waals surface area contributed by atoms with Gasteiger partial charge in [-0.3, -0.25) is 9.69 Å². The summed E-state index contributed by atoms with van der Waals surface area (Å²) in [7, 11) is -3.38. The predicted octanol–water partition coefficient (Wildman–Crippen LogP) is 3.68. The number of halogens is 3. The van der Waals surface area contributed by atoms with E-state index in [0.717, 1.165) is 11.2 Å². The van der Waals surface area contributed by atoms with Crippen molar-refractivity contribution in [1.29, 1.82) is 0 Å². The molecule has 11 heteroatoms. The standard InChI is InChI=1S/C27H36F3N3O4S/c1-17(2)15-23(26(31)35)33(22-5-4-14-32-16-24(22)34)25(27(28,29)30)20-8-6-18(7-9-20)19-10-12-21(13-11-19)38(3,36)37/h6-13,17,22-25,32,34H,4-5,14-16H2,1-3H3,(H2,31,35)/t22?,23-,24?,25-/m0/s1. The number of hydrogen-bond acceptors (Lipinski definition) is 6. The number of nitrogens with one attached hydrogen (secondary N) is 1. The van der Waals surface area contributed by atoms with E-state index in [4.69, 9.17) is 5.73 Å². The fourth-order valence-electron chi connectivity index (χ4n) is 5.08. The lowest BCUT2D eigenvalue weighted by Gasteiger charge is -2.44. The lowest BCUT2D eigenvalue weighted by Crippen LogP contribution is -2.58. The quantitative estimate of drug-likeness (QED) is 0.435. The van der Waals surface area contributed by atoms with E-state index < -0.39 is 46.2 Å². The minimum absolute atomic E-state index is 0.0755. The summed E-state index contributed by atoms with van der Waals surface area (Å²) in [6, 6.07) is 7.55. The van der Waals surface area contributed by atoms with E-state index in [1.807, 2.05) is 13.8 Å². The van der Waals surface area contributed by atoms with Crippen molar-refractivity contribution < 1.29 is 31.5 Å². The Hall–Kier alpha value is -2.47. The number of β-amino-alcohol motifs (C(OH)–C–C–N with tert-alkyl or cyclic N) is 1. The maximum atomic E-state index is 14.8. The third kappa shape index (κ3) is 7.34. The van der Waals surface area contributed by atoms with Gasteiger partial charge >= 0.3 is 6.18 Å². The highest BCUT2D eigenvalue weighted by molar-refractivity contribution is 7.90. The number of carbonyl (C=O) groups is 1. The first-order chi connectivity index (χ1) is 17.7. The van der Waals surface area contributed by atoms with Gasteiger partial charge in [-0.05, 0) is 60.5 Å². The molecule has 0 radical (unpaired) electrons. The minimum Gasteiger partial charge on any atom is -0.390 e. The van der Waals surface area contributed by atoms with Gasteiger partial charge in [0.1, 0.15) is 6.04 Å². The summed E-state index contributed by atoms with van der Waals surface area (Å²) in [6.07, 6.45) is -3.86. The van der Waals surface area contributed by atoms with Crippen LogP contribution in [0, 0.1) is 5.92 Å². The fourth-order valence-corrected chi connectivity index (χ4v) is 5.71. The Labute approximate surface area is 222 Å². The van der Waals surface area contributed by atoms with Crippen LogP contribution in [0.4, 0.5) is 13.2 Å². The van der Waals surface area contributed by atoms with Gasteiger partial charge in [-0.1, -0.05) is 50.2 Å². The second kappa shape index (κ2) is 12.1. The van der Waals surface area contributed by atoms with Gasteiger partial charge in [-0.25, -0.2) is 8.42 Å². The Kier molecular flexibility index (Phi) is 9.62. The van der Waals surface area contributed by atoms with Crippen LogP contribution in [0.1, 0.15) is 44.7 Å². The van der Waals surface area contributed by atoms with Gasteiger partial charge in [0.15, 0.2) is 9.84 Å². The molecule has 4 atom stereocenters. The van der Waals surface area contributed by atoms with Crippen molar-refractivity contribution in [2.24, 2.45) is 11.7 Å². The number of hydrogen-bond donors (Lipinski definition) is 3. The molecule has 2 aromatic carbocycles. The first-order valence-corrected chi connectivity index (χ1v) is 14.5. The Balaban J connectivity index is 2.08. The van der Waals surface area contributed by atoms with E-state index in [1.54, 1.807) is 12.1 Å². The first-order valence-electron chi connectivity index (χ1n) is 12.6. The van der Waals surface area contributed by atoms with Crippen LogP contribution in [0.2, 0.25) is 0 Å². The summed E-state index contributed by atoms with van der Waals surface area (Å²) in [5.74, 6) is -0.970. The Morgan fingerprint density at radius 2 is 1.66 bits per heavy atom. The average molecular weight is 556 g/mol. The van der Waals surface area contributed by atoms with Gasteiger partial charge in [0.05, 0.1) is 17.0 Å². The molecule has 1 amide bonds. The number of nitrogens with zero attached hydrogens (tertiary/aromatic N) is 1. The van der Waals surface area contributed by atoms with Crippen molar-refractivity contribution in [2.75, 3.05) is 19.3 Å². The molecule has 0 bridgehead atoms. The molecule has 0 aromatic heterocycles. The number of aliphatic hydroxyl groups excluding tert-OH is 1. The van der Waals surface area contributed by atoms with Gasteiger partial charge in [-0.2, -0.15) is 13.2 Å². The van der Waals surface area contributed by atoms with Gasteiger partial charge in [0, 0.05) is 18.8 Å². The Morgan fingerprint density at radius 3 is 2.13 bits per heavy atom. The number of aliphatic hydroxyl groups is 1. The molecule has 0 saturated carbocycles. The molecule has 7 nitrogen and oxygen atoms in total. The number of benzene rings is 2. The van der Waals surface area contributed by atoms with E-state index in [-0.39, 0.29) is 35.8 Å². The van der Waals surface area contributed by atoms with Crippen LogP contribution in [0.5, 0.6) is 0 Å². The van der Waals surface area contributed by atoms with E-state index in [1.165, 1.54) is 36.4 Å². The van der Waals surface area contributed by atoms with Gasteiger partial charge in [0.25, 0.3) is 0 Å². The van der Waals surface area contributed by atoms with Crippen LogP contribution in [-0.2, 0) is 14.6 Å². The van der Waals surface area contributed by atoms with Crippen LogP contribution < -0.4 is 11.1 Å². The van der Waals surface area contributed by atoms with Crippen LogP contribution >= 0.6 is 0 Å². The van der Waals surface area contributed by atoms with Crippen molar-refractivity contribution in [3.63, 3.8) is 0 Å². The summed E-state index contributed by atoms with van der Waals surface area (Å²) in [6.45, 7) is 4.29. The van der Waals surface area contributed by atoms with Crippen LogP contribution in [0.15, 0.2) is 53.4 Å². The molecule has 1 aliphatic heterocycles. The van der Waals surface area contributed by atoms with Gasteiger partial charge < -0.3 is 16.2 Å². The Morgan fingerprint density at radius 1 is 1.11 bits per heavy atom. The van der Waals surface area contributed by atoms with Gasteiger partial charge in [0.2, 0.25) is 5.91 Å². The van der Waals surface area contributed by atoms with E-state index >= 15 is 0 Å². The third-order valence-electron chi connectivity index (χ3n) is 6.87. The first kappa shape index (κ1) is 30.1. The lowest BCUT2D eigenvalue weighted by molar-refractivity contribution is -0.206. The van der Waals surface area contributed by atoms with Crippen molar-refractivity contribution in [2.45, 2.75) is 68.4 Å². The van der Waals surface area contributed by atoms with Crippen molar-refractivity contribution in [3.05, 3.63) is 54.1 Å². The molecule has 1 aliphatic rings. The monoisotopic (exact) mass is 555 g/mol. The summed E-state index contributed by atoms with van der Waals surface area (Å²) < 4.78 is 68.0. The number of sulfone groups is 1. The zero-order valence-corrected chi connectivity index (χ0v) is 22.6. The maximum absolute atomic E-state index is 14.8. The highest BCUT2D eigenvalue weighted by atomic mass is 32.2. The fraction of sp³-hybridized carbons (Fsp3) is 0.519. The lowest BCUT2D eigenvalue weighted by atomic mass is 9.91. The number of primary amides is 1. The zero-order valence-electron chi connectivity index (χ0n) is 21.8. The number of carbonyl (C=O) groups excluding carboxylic acids is 1. The Bertz CT molecular complexity index is 1190. The maximum Gasteiger partial charge on any atom is 0.408 e. The number of alkyl halides is 3. The normalized spacial score (nSPS) is 20.8. The van der Waals surface area contributed by atoms with E-state index in [0.29, 0.717) is 24.1 Å².